The van der Waals surface area contributed by atoms with Crippen LogP contribution in [0.4, 0.5) is 5.69 Å². The zero-order chi connectivity index (χ0) is 24.6. The summed E-state index contributed by atoms with van der Waals surface area (Å²) in [5.41, 5.74) is 0.749. The van der Waals surface area contributed by atoms with E-state index in [2.05, 4.69) is 0 Å². The number of benzene rings is 2. The molecule has 9 nitrogen and oxygen atoms in total. The monoisotopic (exact) mass is 481 g/mol. The van der Waals surface area contributed by atoms with Crippen molar-refractivity contribution >= 4 is 40.8 Å². The van der Waals surface area contributed by atoms with Gasteiger partial charge in [0.15, 0.2) is 5.78 Å². The van der Waals surface area contributed by atoms with Crippen molar-refractivity contribution in [2.75, 3.05) is 6.54 Å². The molecule has 1 saturated heterocycles. The molecule has 0 saturated carbocycles. The number of carbonyl (C=O) groups excluding carboxylic acids is 4. The Morgan fingerprint density at radius 3 is 2.44 bits per heavy atom. The number of rotatable bonds is 6. The molecule has 2 aliphatic rings. The number of non-ortho nitro benzene ring substituents is 1. The smallest absolute Gasteiger partial charge is 0.273 e. The van der Waals surface area contributed by atoms with Crippen LogP contribution in [0.25, 0.3) is 0 Å². The van der Waals surface area contributed by atoms with Gasteiger partial charge in [0.25, 0.3) is 23.4 Å². The summed E-state index contributed by atoms with van der Waals surface area (Å²) in [5.74, 6) is -3.77. The second-order valence-electron chi connectivity index (χ2n) is 8.29. The van der Waals surface area contributed by atoms with Crippen LogP contribution < -0.4 is 0 Å². The van der Waals surface area contributed by atoms with Crippen molar-refractivity contribution in [3.05, 3.63) is 86.4 Å². The number of nitrogens with zero attached hydrogens (tertiary/aromatic N) is 3. The quantitative estimate of drug-likeness (QED) is 0.203. The molecule has 4 rings (SSSR count). The maximum Gasteiger partial charge on any atom is 0.273 e. The molecule has 0 aromatic heterocycles. The average Bonchev–Trinajstić information content (AvgIpc) is 3.06. The first-order chi connectivity index (χ1) is 16.2. The largest absolute Gasteiger partial charge is 0.292 e. The van der Waals surface area contributed by atoms with Gasteiger partial charge in [0, 0.05) is 28.3 Å². The Morgan fingerprint density at radius 2 is 1.76 bits per heavy atom. The molecule has 2 atom stereocenters. The number of halogens is 1. The first-order valence-electron chi connectivity index (χ1n) is 10.6. The number of hydrazine groups is 1. The molecule has 0 N–H and O–H groups in total. The molecule has 0 bridgehead atoms. The van der Waals surface area contributed by atoms with E-state index in [-0.39, 0.29) is 16.8 Å². The molecule has 1 aliphatic heterocycles. The molecule has 0 unspecified atom stereocenters. The molecule has 1 aliphatic carbocycles. The van der Waals surface area contributed by atoms with Crippen LogP contribution in [0.2, 0.25) is 5.02 Å². The minimum atomic E-state index is -0.865. The van der Waals surface area contributed by atoms with Gasteiger partial charge in [-0.05, 0) is 50.1 Å². The SMILES string of the molecule is CC1=CC[C@H]2C(=O)N(N(CC(=O)c3ccc(Cl)cc3)C(=O)c3cccc([N+](=O)[O-])c3)C(=O)[C@@H]2C1. The highest BCUT2D eigenvalue weighted by Gasteiger charge is 2.51. The summed E-state index contributed by atoms with van der Waals surface area (Å²) < 4.78 is 0. The molecule has 174 valence electrons. The summed E-state index contributed by atoms with van der Waals surface area (Å²) in [6, 6.07) is 10.9. The van der Waals surface area contributed by atoms with E-state index in [1.165, 1.54) is 42.5 Å². The van der Waals surface area contributed by atoms with Crippen molar-refractivity contribution in [2.24, 2.45) is 11.8 Å². The lowest BCUT2D eigenvalue weighted by atomic mass is 9.82. The maximum atomic E-state index is 13.5. The Kier molecular flexibility index (Phi) is 6.30. The van der Waals surface area contributed by atoms with Crippen molar-refractivity contribution in [2.45, 2.75) is 19.8 Å². The van der Waals surface area contributed by atoms with Gasteiger partial charge in [-0.15, -0.1) is 0 Å². The number of imide groups is 1. The Hall–Kier alpha value is -3.85. The lowest BCUT2D eigenvalue weighted by Crippen LogP contribution is -2.52. The predicted molar refractivity (Wildman–Crippen MR) is 122 cm³/mol. The average molecular weight is 482 g/mol. The van der Waals surface area contributed by atoms with Crippen LogP contribution in [0.1, 0.15) is 40.5 Å². The fourth-order valence-electron chi connectivity index (χ4n) is 4.26. The number of fused-ring (bicyclic) bond motifs is 1. The first-order valence-corrected chi connectivity index (χ1v) is 10.9. The molecule has 3 amide bonds. The Labute approximate surface area is 199 Å². The summed E-state index contributed by atoms with van der Waals surface area (Å²) in [6.07, 6.45) is 2.64. The van der Waals surface area contributed by atoms with E-state index in [1.807, 2.05) is 13.0 Å². The lowest BCUT2D eigenvalue weighted by Gasteiger charge is -2.30. The van der Waals surface area contributed by atoms with Gasteiger partial charge in [-0.2, -0.15) is 5.01 Å². The molecule has 2 aromatic carbocycles. The van der Waals surface area contributed by atoms with Crippen LogP contribution in [0.5, 0.6) is 0 Å². The van der Waals surface area contributed by atoms with Crippen molar-refractivity contribution in [1.82, 2.24) is 10.0 Å². The third-order valence-corrected chi connectivity index (χ3v) is 6.29. The van der Waals surface area contributed by atoms with E-state index in [0.717, 1.165) is 21.7 Å². The van der Waals surface area contributed by atoms with Crippen molar-refractivity contribution in [3.63, 3.8) is 0 Å². The van der Waals surface area contributed by atoms with Crippen LogP contribution in [-0.4, -0.2) is 45.0 Å². The van der Waals surface area contributed by atoms with E-state index in [9.17, 15) is 29.3 Å². The number of ketones is 1. The van der Waals surface area contributed by atoms with Crippen molar-refractivity contribution < 1.29 is 24.1 Å². The van der Waals surface area contributed by atoms with Crippen LogP contribution >= 0.6 is 11.6 Å². The van der Waals surface area contributed by atoms with Gasteiger partial charge < -0.3 is 0 Å². The summed E-state index contributed by atoms with van der Waals surface area (Å²) >= 11 is 5.88. The fourth-order valence-corrected chi connectivity index (χ4v) is 4.38. The summed E-state index contributed by atoms with van der Waals surface area (Å²) in [6.45, 7) is 1.26. The number of Topliss-reactive ketones (excluding diaryl/α,β-unsaturated/α-hetero) is 1. The molecule has 10 heteroatoms. The number of carbonyl (C=O) groups is 4. The number of hydrogen-bond donors (Lipinski definition) is 0. The van der Waals surface area contributed by atoms with E-state index in [1.54, 1.807) is 0 Å². The van der Waals surface area contributed by atoms with Gasteiger partial charge in [0.2, 0.25) is 0 Å². The van der Waals surface area contributed by atoms with E-state index in [0.29, 0.717) is 17.9 Å². The zero-order valence-corrected chi connectivity index (χ0v) is 18.9. The van der Waals surface area contributed by atoms with Crippen LogP contribution in [-0.2, 0) is 9.59 Å². The van der Waals surface area contributed by atoms with Crippen LogP contribution in [0, 0.1) is 22.0 Å². The Morgan fingerprint density at radius 1 is 1.09 bits per heavy atom. The molecule has 34 heavy (non-hydrogen) atoms. The van der Waals surface area contributed by atoms with E-state index >= 15 is 0 Å². The summed E-state index contributed by atoms with van der Waals surface area (Å²) in [4.78, 5) is 63.5. The molecule has 2 aromatic rings. The predicted octanol–water partition coefficient (Wildman–Crippen LogP) is 3.83. The highest BCUT2D eigenvalue weighted by atomic mass is 35.5. The van der Waals surface area contributed by atoms with E-state index < -0.39 is 46.8 Å². The van der Waals surface area contributed by atoms with Gasteiger partial charge in [-0.25, -0.2) is 5.01 Å². The molecule has 1 heterocycles. The van der Waals surface area contributed by atoms with E-state index in [4.69, 9.17) is 11.6 Å². The molecule has 0 radical (unpaired) electrons. The fraction of sp³-hybridized carbons (Fsp3) is 0.250. The Balaban J connectivity index is 1.71. The van der Waals surface area contributed by atoms with Gasteiger partial charge >= 0.3 is 0 Å². The number of nitro benzene ring substituents is 1. The molecule has 1 fully saturated rings. The van der Waals surface area contributed by atoms with Crippen molar-refractivity contribution in [3.8, 4) is 0 Å². The third-order valence-electron chi connectivity index (χ3n) is 6.04. The summed E-state index contributed by atoms with van der Waals surface area (Å²) in [5, 5.41) is 13.2. The molecular formula is C24H20ClN3O6. The third kappa shape index (κ3) is 4.34. The van der Waals surface area contributed by atoms with Crippen molar-refractivity contribution in [1.29, 1.82) is 0 Å². The van der Waals surface area contributed by atoms with Gasteiger partial charge in [0.1, 0.15) is 6.54 Å². The highest BCUT2D eigenvalue weighted by molar-refractivity contribution is 6.30. The normalized spacial score (nSPS) is 19.5. The maximum absolute atomic E-state index is 13.5. The first kappa shape index (κ1) is 23.3. The zero-order valence-electron chi connectivity index (χ0n) is 18.1. The van der Waals surface area contributed by atoms with Gasteiger partial charge in [-0.1, -0.05) is 29.3 Å². The number of allylic oxidation sites excluding steroid dienone is 2. The topological polar surface area (TPSA) is 118 Å². The summed E-state index contributed by atoms with van der Waals surface area (Å²) in [7, 11) is 0. The van der Waals surface area contributed by atoms with Gasteiger partial charge in [-0.3, -0.25) is 29.3 Å². The second-order valence-corrected chi connectivity index (χ2v) is 8.73. The van der Waals surface area contributed by atoms with Gasteiger partial charge in [0.05, 0.1) is 16.8 Å². The minimum Gasteiger partial charge on any atom is -0.292 e. The standard InChI is InChI=1S/C24H20ClN3O6/c1-14-5-10-19-20(11-14)24(32)27(23(19)31)26(13-21(29)15-6-8-17(25)9-7-15)22(30)16-3-2-4-18(12-16)28(33)34/h2-9,12,19-20H,10-11,13H2,1H3/t19-,20-/m1/s1. The highest BCUT2D eigenvalue weighted by Crippen LogP contribution is 2.38. The minimum absolute atomic E-state index is 0.122. The number of amides is 3. The van der Waals surface area contributed by atoms with Crippen LogP contribution in [0.15, 0.2) is 60.2 Å². The second kappa shape index (κ2) is 9.18. The molecule has 0 spiro atoms. The molecular weight excluding hydrogens is 462 g/mol. The Bertz CT molecular complexity index is 1240. The van der Waals surface area contributed by atoms with Crippen LogP contribution in [0.3, 0.4) is 0 Å². The number of hydrogen-bond acceptors (Lipinski definition) is 6. The lowest BCUT2D eigenvalue weighted by molar-refractivity contribution is -0.384. The number of nitro groups is 1.